The van der Waals surface area contributed by atoms with Crippen LogP contribution in [0.5, 0.6) is 0 Å². The van der Waals surface area contributed by atoms with Gasteiger partial charge in [0.1, 0.15) is 0 Å². The highest BCUT2D eigenvalue weighted by Gasteiger charge is 2.55. The lowest BCUT2D eigenvalue weighted by Gasteiger charge is -2.07. The molecule has 0 aromatic rings. The summed E-state index contributed by atoms with van der Waals surface area (Å²) in [5.41, 5.74) is 1.08. The Hall–Kier alpha value is -0.260. The number of rotatable bonds is 1. The highest BCUT2D eigenvalue weighted by atomic mass is 14.6. The maximum atomic E-state index is 2.33. The first-order chi connectivity index (χ1) is 4.02. The van der Waals surface area contributed by atoms with Crippen molar-refractivity contribution in [2.24, 2.45) is 10.8 Å². The summed E-state index contributed by atoms with van der Waals surface area (Å²) >= 11 is 0. The molecule has 1 fully saturated rings. The molecule has 1 saturated carbocycles. The Kier molecular flexibility index (Phi) is 1.23. The lowest BCUT2D eigenvalue weighted by molar-refractivity contribution is 0.502. The fourth-order valence-electron chi connectivity index (χ4n) is 1.53. The zero-order valence-electron chi connectivity index (χ0n) is 6.86. The number of allylic oxidation sites excluding steroid dienone is 2. The van der Waals surface area contributed by atoms with Gasteiger partial charge < -0.3 is 0 Å². The van der Waals surface area contributed by atoms with Gasteiger partial charge in [-0.25, -0.2) is 0 Å². The molecule has 0 N–H and O–H groups in total. The fourth-order valence-corrected chi connectivity index (χ4v) is 1.53. The fraction of sp³-hybridized carbons (Fsp3) is 0.778. The van der Waals surface area contributed by atoms with E-state index in [0.29, 0.717) is 10.8 Å². The monoisotopic (exact) mass is 124 g/mol. The molecule has 0 heterocycles. The van der Waals surface area contributed by atoms with Gasteiger partial charge in [-0.2, -0.15) is 0 Å². The van der Waals surface area contributed by atoms with Crippen molar-refractivity contribution in [3.63, 3.8) is 0 Å². The van der Waals surface area contributed by atoms with E-state index in [9.17, 15) is 0 Å². The topological polar surface area (TPSA) is 0 Å². The van der Waals surface area contributed by atoms with E-state index in [4.69, 9.17) is 0 Å². The Morgan fingerprint density at radius 2 is 1.67 bits per heavy atom. The summed E-state index contributed by atoms with van der Waals surface area (Å²) in [4.78, 5) is 0. The Morgan fingerprint density at radius 1 is 1.22 bits per heavy atom. The van der Waals surface area contributed by atoms with Crippen molar-refractivity contribution in [2.75, 3.05) is 0 Å². The molecule has 1 rings (SSSR count). The van der Waals surface area contributed by atoms with Crippen LogP contribution in [0.15, 0.2) is 12.2 Å². The lowest BCUT2D eigenvalue weighted by Crippen LogP contribution is -1.98. The van der Waals surface area contributed by atoms with Gasteiger partial charge >= 0.3 is 0 Å². The molecule has 0 aliphatic heterocycles. The van der Waals surface area contributed by atoms with Gasteiger partial charge in [0.05, 0.1) is 0 Å². The van der Waals surface area contributed by atoms with E-state index in [1.807, 2.05) is 0 Å². The van der Waals surface area contributed by atoms with Gasteiger partial charge in [-0.15, -0.1) is 0 Å². The normalized spacial score (nSPS) is 39.6. The SMILES string of the molecule is CC=CC1(C)CC1(C)C. The molecule has 0 bridgehead atoms. The van der Waals surface area contributed by atoms with Crippen molar-refractivity contribution in [3.8, 4) is 0 Å². The predicted molar refractivity (Wildman–Crippen MR) is 41.3 cm³/mol. The van der Waals surface area contributed by atoms with Gasteiger partial charge in [0.25, 0.3) is 0 Å². The Balaban J connectivity index is 2.63. The minimum atomic E-state index is 0.516. The third-order valence-electron chi connectivity index (χ3n) is 2.76. The molecule has 0 amide bonds. The van der Waals surface area contributed by atoms with Gasteiger partial charge in [-0.1, -0.05) is 32.9 Å². The van der Waals surface area contributed by atoms with Crippen LogP contribution < -0.4 is 0 Å². The van der Waals surface area contributed by atoms with Crippen LogP contribution in [0.4, 0.5) is 0 Å². The molecule has 0 aromatic carbocycles. The smallest absolute Gasteiger partial charge is 0.00898 e. The largest absolute Gasteiger partial charge is 0.0911 e. The first-order valence-corrected chi connectivity index (χ1v) is 3.66. The van der Waals surface area contributed by atoms with Gasteiger partial charge in [-0.05, 0) is 24.2 Å². The molecule has 1 aliphatic carbocycles. The zero-order valence-corrected chi connectivity index (χ0v) is 6.86. The van der Waals surface area contributed by atoms with Gasteiger partial charge in [-0.3, -0.25) is 0 Å². The van der Waals surface area contributed by atoms with Crippen molar-refractivity contribution < 1.29 is 0 Å². The average Bonchev–Trinajstić information content (AvgIpc) is 2.07. The summed E-state index contributed by atoms with van der Waals surface area (Å²) in [5.74, 6) is 0. The summed E-state index contributed by atoms with van der Waals surface area (Å²) in [6.07, 6.45) is 5.84. The minimum absolute atomic E-state index is 0.516. The van der Waals surface area contributed by atoms with Crippen molar-refractivity contribution >= 4 is 0 Å². The average molecular weight is 124 g/mol. The molecule has 1 aliphatic rings. The summed E-state index contributed by atoms with van der Waals surface area (Å²) in [7, 11) is 0. The standard InChI is InChI=1S/C9H16/c1-5-6-9(4)7-8(9,2)3/h5-6H,7H2,1-4H3. The molecule has 9 heavy (non-hydrogen) atoms. The third-order valence-corrected chi connectivity index (χ3v) is 2.76. The molecular weight excluding hydrogens is 108 g/mol. The van der Waals surface area contributed by atoms with Crippen LogP contribution in [-0.4, -0.2) is 0 Å². The molecule has 0 nitrogen and oxygen atoms in total. The second-order valence-electron chi connectivity index (χ2n) is 3.98. The Bertz CT molecular complexity index is 142. The van der Waals surface area contributed by atoms with Gasteiger partial charge in [0, 0.05) is 0 Å². The highest BCUT2D eigenvalue weighted by Crippen LogP contribution is 2.63. The summed E-state index contributed by atoms with van der Waals surface area (Å²) < 4.78 is 0. The molecule has 1 unspecified atom stereocenters. The van der Waals surface area contributed by atoms with E-state index >= 15 is 0 Å². The van der Waals surface area contributed by atoms with E-state index in [1.165, 1.54) is 6.42 Å². The van der Waals surface area contributed by atoms with Crippen molar-refractivity contribution in [2.45, 2.75) is 34.1 Å². The molecule has 52 valence electrons. The maximum absolute atomic E-state index is 2.33. The molecule has 0 heteroatoms. The van der Waals surface area contributed by atoms with E-state index in [2.05, 4.69) is 39.8 Å². The second kappa shape index (κ2) is 1.62. The molecule has 0 spiro atoms. The van der Waals surface area contributed by atoms with Gasteiger partial charge in [0.15, 0.2) is 0 Å². The van der Waals surface area contributed by atoms with Crippen LogP contribution in [0.1, 0.15) is 34.1 Å². The quantitative estimate of drug-likeness (QED) is 0.471. The first-order valence-electron chi connectivity index (χ1n) is 3.66. The zero-order chi connectivity index (χ0) is 7.12. The Labute approximate surface area is 58.0 Å². The van der Waals surface area contributed by atoms with Gasteiger partial charge in [0.2, 0.25) is 0 Å². The maximum Gasteiger partial charge on any atom is -0.00898 e. The predicted octanol–water partition coefficient (Wildman–Crippen LogP) is 3.00. The third kappa shape index (κ3) is 0.910. The van der Waals surface area contributed by atoms with E-state index in [-0.39, 0.29) is 0 Å². The summed E-state index contributed by atoms with van der Waals surface area (Å²) in [6.45, 7) is 9.08. The molecule has 0 saturated heterocycles. The van der Waals surface area contributed by atoms with Crippen molar-refractivity contribution in [3.05, 3.63) is 12.2 Å². The number of hydrogen-bond acceptors (Lipinski definition) is 0. The van der Waals surface area contributed by atoms with Crippen LogP contribution in [0.3, 0.4) is 0 Å². The lowest BCUT2D eigenvalue weighted by atomic mass is 9.98. The first kappa shape index (κ1) is 6.85. The molecular formula is C9H16. The van der Waals surface area contributed by atoms with Crippen LogP contribution in [-0.2, 0) is 0 Å². The van der Waals surface area contributed by atoms with Crippen molar-refractivity contribution in [1.82, 2.24) is 0 Å². The molecule has 0 aromatic heterocycles. The second-order valence-corrected chi connectivity index (χ2v) is 3.98. The van der Waals surface area contributed by atoms with Crippen LogP contribution in [0.2, 0.25) is 0 Å². The van der Waals surface area contributed by atoms with Crippen molar-refractivity contribution in [1.29, 1.82) is 0 Å². The van der Waals surface area contributed by atoms with E-state index in [0.717, 1.165) is 0 Å². The van der Waals surface area contributed by atoms with E-state index < -0.39 is 0 Å². The highest BCUT2D eigenvalue weighted by molar-refractivity contribution is 5.17. The molecule has 1 atom stereocenters. The van der Waals surface area contributed by atoms with E-state index in [1.54, 1.807) is 0 Å². The van der Waals surface area contributed by atoms with Crippen LogP contribution in [0, 0.1) is 10.8 Å². The molecule has 0 radical (unpaired) electrons. The minimum Gasteiger partial charge on any atom is -0.0911 e. The summed E-state index contributed by atoms with van der Waals surface area (Å²) in [5, 5.41) is 0. The van der Waals surface area contributed by atoms with Crippen LogP contribution >= 0.6 is 0 Å². The number of hydrogen-bond donors (Lipinski definition) is 0. The summed E-state index contributed by atoms with van der Waals surface area (Å²) in [6, 6.07) is 0. The Morgan fingerprint density at radius 3 is 1.78 bits per heavy atom. The van der Waals surface area contributed by atoms with Crippen LogP contribution in [0.25, 0.3) is 0 Å².